The summed E-state index contributed by atoms with van der Waals surface area (Å²) in [5.74, 6) is 12.0. The fourth-order valence-corrected chi connectivity index (χ4v) is 14.7. The maximum Gasteiger partial charge on any atom is 0.305 e. The van der Waals surface area contributed by atoms with E-state index in [0.717, 1.165) is 245 Å². The molecule has 0 aromatic heterocycles. The van der Waals surface area contributed by atoms with E-state index in [1.54, 1.807) is 11.8 Å². The standard InChI is InChI=1S/C29H56O6S2.C25H48O6S2.C22H50N4O4.C22H46O4S2.4CH4/c1-28(2,3)14-11-16-34-26(30)12-7-9-22-36-24-20-32-18-19-33-21-25-37-23-10-8-13-27(31)35-17-15-29(4,5)6;1-24(2,3)20-30-22(26)10-7-8-16-32-18-14-28-12-13-29-15-19-33-17-9-11-23(27)31-21-25(4,5)6;1-21(2,3)17-29-15-19(27)13-25-11-9-23-7-8-24-10-12-26-14-20(28)16-30-18-22(4,5)6;1-21(2,3)19-25-9-7-15-27-17-13-23-11-12-24-14-18-28-16-8-10-26-20-22(4,5)6;;;;/h7-25H2,1-6H3;7-21H2,1-6H3;19-20,23-28H,7-18H2,1-6H3;7-20H2,1-6H3;4*1H4. The molecule has 0 amide bonds. The third kappa shape index (κ3) is 145. The molecule has 132 heavy (non-hydrogen) atoms. The second-order valence-electron chi connectivity index (χ2n) is 42.0. The van der Waals surface area contributed by atoms with Crippen molar-refractivity contribution >= 4 is 94.4 Å². The Labute approximate surface area is 839 Å². The number of esters is 4. The lowest BCUT2D eigenvalue weighted by atomic mass is 9.91. The lowest BCUT2D eigenvalue weighted by Crippen LogP contribution is -2.38. The number of hydrogen-bond donors (Lipinski definition) is 6. The van der Waals surface area contributed by atoms with Gasteiger partial charge in [-0.2, -0.15) is 70.6 Å². The first-order valence-corrected chi connectivity index (χ1v) is 55.2. The first kappa shape index (κ1) is 147. The smallest absolute Gasteiger partial charge is 0.305 e. The predicted octanol–water partition coefficient (Wildman–Crippen LogP) is 20.9. The van der Waals surface area contributed by atoms with Crippen LogP contribution in [0.1, 0.15) is 299 Å². The number of hydrogen-bond acceptors (Lipinski definition) is 30. The first-order chi connectivity index (χ1) is 60.2. The summed E-state index contributed by atoms with van der Waals surface area (Å²) in [4.78, 5) is 46.7. The van der Waals surface area contributed by atoms with Crippen molar-refractivity contribution in [3.8, 4) is 0 Å². The maximum atomic E-state index is 11.7. The number of thioether (sulfide) groups is 6. The molecular weight excluding hydrogens is 1790 g/mol. The zero-order chi connectivity index (χ0) is 96.9. The molecule has 0 radical (unpaired) electrons. The van der Waals surface area contributed by atoms with Crippen LogP contribution in [0.25, 0.3) is 0 Å². The Hall–Kier alpha value is -0.660. The van der Waals surface area contributed by atoms with Gasteiger partial charge in [0.05, 0.1) is 158 Å². The topological polar surface area (TPSA) is 286 Å². The third-order valence-corrected chi connectivity index (χ3v) is 22.9. The Bertz CT molecular complexity index is 2310. The van der Waals surface area contributed by atoms with E-state index >= 15 is 0 Å². The molecule has 0 aliphatic rings. The van der Waals surface area contributed by atoms with Gasteiger partial charge in [0.2, 0.25) is 0 Å². The van der Waals surface area contributed by atoms with Crippen LogP contribution in [0, 0.1) is 43.3 Å². The van der Waals surface area contributed by atoms with Crippen molar-refractivity contribution in [1.29, 1.82) is 0 Å². The fraction of sp³-hybridized carbons (Fsp3) is 0.961. The molecule has 2 atom stereocenters. The SMILES string of the molecule is C.C.C.C.CC(C)(C)CCCOC(=O)CCCCSCCOCCOCCSCCCCC(=O)OCCC(C)(C)C.CC(C)(C)COC(=O)CCCCSCCOCCOCCSCCCC(=O)OCC(C)(C)C.CC(C)(C)COCC(O)CNCCNCCNCCNCC(O)COCC(C)(C)C.CC(C)(C)COCCCSCCOCCOCCSCCCOCC(C)(C)C. The molecule has 0 heterocycles. The molecule has 0 spiro atoms. The number of rotatable bonds is 82. The highest BCUT2D eigenvalue weighted by Gasteiger charge is 2.19. The number of carbonyl (C=O) groups excluding carboxylic acids is 4. The van der Waals surface area contributed by atoms with Gasteiger partial charge in [-0.15, -0.1) is 0 Å². The average Bonchev–Trinajstić information content (AvgIpc) is 0.989. The minimum absolute atomic E-state index is 0. The molecule has 0 saturated carbocycles. The van der Waals surface area contributed by atoms with E-state index in [1.807, 2.05) is 58.8 Å². The Kier molecular flexibility index (Phi) is 109. The summed E-state index contributed by atoms with van der Waals surface area (Å²) in [6, 6.07) is 0. The Balaban J connectivity index is -0.000000258. The summed E-state index contributed by atoms with van der Waals surface area (Å²) < 4.78 is 77.0. The highest BCUT2D eigenvalue weighted by molar-refractivity contribution is 8.00. The van der Waals surface area contributed by atoms with Gasteiger partial charge in [0.1, 0.15) is 0 Å². The molecule has 6 N–H and O–H groups in total. The van der Waals surface area contributed by atoms with Crippen molar-refractivity contribution in [3.63, 3.8) is 0 Å². The van der Waals surface area contributed by atoms with Crippen LogP contribution in [-0.2, 0) is 85.5 Å². The number of aliphatic hydroxyl groups excluding tert-OH is 2. The van der Waals surface area contributed by atoms with Crippen LogP contribution in [0.5, 0.6) is 0 Å². The predicted molar refractivity (Wildman–Crippen MR) is 576 cm³/mol. The monoisotopic (exact) mass is 2010 g/mol. The van der Waals surface area contributed by atoms with Crippen LogP contribution in [0.3, 0.4) is 0 Å². The summed E-state index contributed by atoms with van der Waals surface area (Å²) in [5.41, 5.74) is 1.34. The van der Waals surface area contributed by atoms with Crippen molar-refractivity contribution in [3.05, 3.63) is 0 Å². The average molecular weight is 2010 g/mol. The fourth-order valence-electron chi connectivity index (χ4n) is 9.89. The van der Waals surface area contributed by atoms with Gasteiger partial charge >= 0.3 is 23.9 Å². The van der Waals surface area contributed by atoms with E-state index in [0.29, 0.717) is 143 Å². The van der Waals surface area contributed by atoms with Gasteiger partial charge in [-0.3, -0.25) is 19.2 Å². The minimum atomic E-state index is -0.468. The number of unbranched alkanes of at least 4 members (excludes halogenated alkanes) is 3. The molecule has 0 fully saturated rings. The van der Waals surface area contributed by atoms with Gasteiger partial charge in [-0.05, 0) is 155 Å². The molecule has 800 valence electrons. The van der Waals surface area contributed by atoms with Crippen molar-refractivity contribution in [2.24, 2.45) is 43.3 Å². The summed E-state index contributed by atoms with van der Waals surface area (Å²) in [5, 5.41) is 32.9. The Morgan fingerprint density at radius 3 is 0.750 bits per heavy atom. The van der Waals surface area contributed by atoms with Gasteiger partial charge in [-0.25, -0.2) is 0 Å². The molecule has 0 bridgehead atoms. The van der Waals surface area contributed by atoms with Crippen LogP contribution < -0.4 is 21.3 Å². The van der Waals surface area contributed by atoms with Crippen LogP contribution in [-0.4, -0.2) is 326 Å². The quantitative estimate of drug-likeness (QED) is 0.0187. The van der Waals surface area contributed by atoms with Crippen molar-refractivity contribution in [2.75, 3.05) is 280 Å². The van der Waals surface area contributed by atoms with Crippen LogP contribution in [0.4, 0.5) is 0 Å². The molecule has 0 aromatic carbocycles. The van der Waals surface area contributed by atoms with Crippen LogP contribution >= 0.6 is 70.6 Å². The lowest BCUT2D eigenvalue weighted by molar-refractivity contribution is -0.147. The van der Waals surface area contributed by atoms with Gasteiger partial charge < -0.3 is 97.8 Å². The van der Waals surface area contributed by atoms with Gasteiger partial charge in [0.15, 0.2) is 0 Å². The van der Waals surface area contributed by atoms with E-state index in [1.165, 1.54) is 0 Å². The maximum absolute atomic E-state index is 11.7. The number of ether oxygens (including phenoxy) is 14. The number of carbonyl (C=O) groups is 4. The molecule has 0 saturated heterocycles. The van der Waals surface area contributed by atoms with E-state index < -0.39 is 12.2 Å². The van der Waals surface area contributed by atoms with Crippen molar-refractivity contribution < 1.29 is 95.7 Å². The van der Waals surface area contributed by atoms with Gasteiger partial charge in [0.25, 0.3) is 0 Å². The van der Waals surface area contributed by atoms with Crippen molar-refractivity contribution in [2.45, 2.75) is 311 Å². The number of nitrogens with one attached hydrogen (secondary N) is 4. The highest BCUT2D eigenvalue weighted by Crippen LogP contribution is 2.23. The van der Waals surface area contributed by atoms with E-state index in [2.05, 4.69) is 187 Å². The number of aliphatic hydroxyl groups is 2. The molecule has 30 heteroatoms. The summed E-state index contributed by atoms with van der Waals surface area (Å²) in [7, 11) is 0. The van der Waals surface area contributed by atoms with E-state index in [9.17, 15) is 29.4 Å². The van der Waals surface area contributed by atoms with E-state index in [4.69, 9.17) is 66.3 Å². The summed E-state index contributed by atoms with van der Waals surface area (Å²) in [6.45, 7) is 73.4. The van der Waals surface area contributed by atoms with Crippen LogP contribution in [0.2, 0.25) is 0 Å². The van der Waals surface area contributed by atoms with Crippen molar-refractivity contribution in [1.82, 2.24) is 21.3 Å². The van der Waals surface area contributed by atoms with Crippen LogP contribution in [0.15, 0.2) is 0 Å². The Morgan fingerprint density at radius 2 is 0.470 bits per heavy atom. The molecule has 2 unspecified atom stereocenters. The molecule has 0 aliphatic heterocycles. The second kappa shape index (κ2) is 97.8. The van der Waals surface area contributed by atoms with E-state index in [-0.39, 0.29) is 91.5 Å². The largest absolute Gasteiger partial charge is 0.466 e. The highest BCUT2D eigenvalue weighted by atomic mass is 32.2. The first-order valence-electron chi connectivity index (χ1n) is 48.2. The zero-order valence-corrected chi connectivity index (χ0v) is 91.2. The summed E-state index contributed by atoms with van der Waals surface area (Å²) in [6.07, 6.45) is 12.8. The Morgan fingerprint density at radius 1 is 0.227 bits per heavy atom. The third-order valence-electron chi connectivity index (χ3n) is 16.7. The van der Waals surface area contributed by atoms with Gasteiger partial charge in [-0.1, -0.05) is 196 Å². The molecule has 0 aliphatic carbocycles. The molecule has 0 aromatic rings. The van der Waals surface area contributed by atoms with Gasteiger partial charge in [0, 0.05) is 126 Å². The minimum Gasteiger partial charge on any atom is -0.466 e. The zero-order valence-electron chi connectivity index (χ0n) is 86.3. The molecule has 0 rings (SSSR count). The normalized spacial score (nSPS) is 12.4. The molecule has 24 nitrogen and oxygen atoms in total. The molecular formula is C102H216N4O20S6. The second-order valence-corrected chi connectivity index (χ2v) is 49.3. The lowest BCUT2D eigenvalue weighted by Gasteiger charge is -2.20. The summed E-state index contributed by atoms with van der Waals surface area (Å²) >= 11 is 11.3.